The first kappa shape index (κ1) is 28.5. The molecular formula is C31H35N5O4. The number of benzene rings is 3. The SMILES string of the molecule is COC(=O)N(C(=O)[C@@H](N)Cc1ccccc1)[C@@H](C)CCCN1C(=N)NC(c2ccccc2)(c2ccccc2)C1=O. The number of ether oxygens (including phenoxy) is 1. The molecule has 1 saturated heterocycles. The Labute approximate surface area is 234 Å². The summed E-state index contributed by atoms with van der Waals surface area (Å²) in [6, 6.07) is 26.6. The quantitative estimate of drug-likeness (QED) is 0.360. The third-order valence-electron chi connectivity index (χ3n) is 7.22. The second-order valence-electron chi connectivity index (χ2n) is 9.88. The fourth-order valence-electron chi connectivity index (χ4n) is 5.14. The Hall–Kier alpha value is -4.50. The Bertz CT molecular complexity index is 1290. The van der Waals surface area contributed by atoms with Crippen molar-refractivity contribution < 1.29 is 19.1 Å². The van der Waals surface area contributed by atoms with Crippen LogP contribution in [0, 0.1) is 5.41 Å². The molecule has 0 unspecified atom stereocenters. The molecule has 9 nitrogen and oxygen atoms in total. The number of imide groups is 1. The molecule has 2 atom stereocenters. The Morgan fingerprint density at radius 3 is 2.02 bits per heavy atom. The summed E-state index contributed by atoms with van der Waals surface area (Å²) in [5.74, 6) is -0.786. The number of hydrogen-bond donors (Lipinski definition) is 3. The zero-order valence-electron chi connectivity index (χ0n) is 22.7. The van der Waals surface area contributed by atoms with Crippen molar-refractivity contribution in [2.45, 2.75) is 43.8 Å². The molecule has 0 radical (unpaired) electrons. The van der Waals surface area contributed by atoms with Gasteiger partial charge >= 0.3 is 6.09 Å². The van der Waals surface area contributed by atoms with Crippen molar-refractivity contribution in [3.63, 3.8) is 0 Å². The van der Waals surface area contributed by atoms with Gasteiger partial charge < -0.3 is 15.8 Å². The highest BCUT2D eigenvalue weighted by Gasteiger charge is 2.51. The van der Waals surface area contributed by atoms with Gasteiger partial charge in [0.2, 0.25) is 5.91 Å². The van der Waals surface area contributed by atoms with Gasteiger partial charge in [-0.2, -0.15) is 0 Å². The minimum atomic E-state index is -1.22. The van der Waals surface area contributed by atoms with E-state index in [1.54, 1.807) is 6.92 Å². The average Bonchev–Trinajstić information content (AvgIpc) is 3.24. The lowest BCUT2D eigenvalue weighted by molar-refractivity contribution is -0.133. The van der Waals surface area contributed by atoms with Gasteiger partial charge in [-0.15, -0.1) is 0 Å². The highest BCUT2D eigenvalue weighted by molar-refractivity contribution is 6.10. The predicted molar refractivity (Wildman–Crippen MR) is 152 cm³/mol. The smallest absolute Gasteiger partial charge is 0.416 e. The van der Waals surface area contributed by atoms with Crippen molar-refractivity contribution >= 4 is 23.9 Å². The van der Waals surface area contributed by atoms with Gasteiger partial charge in [0.05, 0.1) is 13.2 Å². The Kier molecular flexibility index (Phi) is 8.96. The summed E-state index contributed by atoms with van der Waals surface area (Å²) >= 11 is 0. The number of nitrogens with one attached hydrogen (secondary N) is 2. The van der Waals surface area contributed by atoms with Crippen LogP contribution in [0.2, 0.25) is 0 Å². The number of nitrogens with two attached hydrogens (primary N) is 1. The number of carbonyl (C=O) groups excluding carboxylic acids is 3. The van der Waals surface area contributed by atoms with Crippen LogP contribution in [-0.4, -0.2) is 59.4 Å². The van der Waals surface area contributed by atoms with Gasteiger partial charge in [0, 0.05) is 12.6 Å². The lowest BCUT2D eigenvalue weighted by atomic mass is 9.82. The highest BCUT2D eigenvalue weighted by atomic mass is 16.5. The molecule has 3 aromatic carbocycles. The van der Waals surface area contributed by atoms with Gasteiger partial charge in [-0.3, -0.25) is 19.9 Å². The van der Waals surface area contributed by atoms with Crippen molar-refractivity contribution in [2.75, 3.05) is 13.7 Å². The molecule has 0 saturated carbocycles. The number of methoxy groups -OCH3 is 1. The molecule has 4 rings (SSSR count). The van der Waals surface area contributed by atoms with E-state index in [-0.39, 0.29) is 24.8 Å². The standard InChI is InChI=1S/C31H35N5O4/c1-22(36(30(39)40-2)27(37)26(32)21-23-14-6-3-7-15-23)13-12-20-35-28(38)31(34-29(35)33,24-16-8-4-9-17-24)25-18-10-5-11-19-25/h3-11,14-19,22,26H,12-13,20-21,32H2,1-2H3,(H2,33,34)/t22-,26-/m0/s1. The average molecular weight is 542 g/mol. The molecule has 0 aliphatic carbocycles. The number of guanidine groups is 1. The third-order valence-corrected chi connectivity index (χ3v) is 7.22. The number of carbonyl (C=O) groups is 3. The molecule has 4 N–H and O–H groups in total. The summed E-state index contributed by atoms with van der Waals surface area (Å²) in [5.41, 5.74) is 7.34. The molecule has 3 amide bonds. The van der Waals surface area contributed by atoms with E-state index in [4.69, 9.17) is 15.9 Å². The minimum absolute atomic E-state index is 0.00357. The van der Waals surface area contributed by atoms with Crippen molar-refractivity contribution in [3.8, 4) is 0 Å². The first-order valence-electron chi connectivity index (χ1n) is 13.3. The van der Waals surface area contributed by atoms with Gasteiger partial charge in [-0.1, -0.05) is 91.0 Å². The third kappa shape index (κ3) is 5.74. The molecule has 208 valence electrons. The van der Waals surface area contributed by atoms with Gasteiger partial charge in [-0.05, 0) is 42.9 Å². The van der Waals surface area contributed by atoms with Gasteiger partial charge in [0.15, 0.2) is 11.5 Å². The van der Waals surface area contributed by atoms with Crippen LogP contribution in [0.5, 0.6) is 0 Å². The first-order valence-corrected chi connectivity index (χ1v) is 13.3. The topological polar surface area (TPSA) is 129 Å². The van der Waals surface area contributed by atoms with Crippen molar-refractivity contribution in [1.82, 2.24) is 15.1 Å². The molecule has 0 aromatic heterocycles. The summed E-state index contributed by atoms with van der Waals surface area (Å²) in [4.78, 5) is 42.2. The van der Waals surface area contributed by atoms with Crippen LogP contribution in [0.4, 0.5) is 4.79 Å². The Morgan fingerprint density at radius 2 is 1.50 bits per heavy atom. The predicted octanol–water partition coefficient (Wildman–Crippen LogP) is 3.63. The van der Waals surface area contributed by atoms with E-state index in [1.807, 2.05) is 91.0 Å². The second kappa shape index (κ2) is 12.6. The van der Waals surface area contributed by atoms with Crippen molar-refractivity contribution in [1.29, 1.82) is 5.41 Å². The van der Waals surface area contributed by atoms with Crippen LogP contribution in [0.15, 0.2) is 91.0 Å². The van der Waals surface area contributed by atoms with E-state index < -0.39 is 29.6 Å². The van der Waals surface area contributed by atoms with Crippen LogP contribution >= 0.6 is 0 Å². The van der Waals surface area contributed by atoms with E-state index in [1.165, 1.54) is 12.0 Å². The summed E-state index contributed by atoms with van der Waals surface area (Å²) < 4.78 is 4.90. The van der Waals surface area contributed by atoms with Crippen LogP contribution in [0.3, 0.4) is 0 Å². The van der Waals surface area contributed by atoms with Gasteiger partial charge in [0.1, 0.15) is 0 Å². The molecular weight excluding hydrogens is 506 g/mol. The largest absolute Gasteiger partial charge is 0.452 e. The van der Waals surface area contributed by atoms with Crippen LogP contribution in [0.1, 0.15) is 36.5 Å². The van der Waals surface area contributed by atoms with Crippen LogP contribution in [0.25, 0.3) is 0 Å². The minimum Gasteiger partial charge on any atom is -0.452 e. The monoisotopic (exact) mass is 541 g/mol. The van der Waals surface area contributed by atoms with Crippen LogP contribution < -0.4 is 11.1 Å². The first-order chi connectivity index (χ1) is 19.3. The number of rotatable bonds is 10. The molecule has 40 heavy (non-hydrogen) atoms. The van der Waals surface area contributed by atoms with Crippen molar-refractivity contribution in [3.05, 3.63) is 108 Å². The zero-order valence-corrected chi connectivity index (χ0v) is 22.7. The Balaban J connectivity index is 1.46. The number of nitrogens with zero attached hydrogens (tertiary/aromatic N) is 2. The molecule has 1 aliphatic heterocycles. The molecule has 1 aliphatic rings. The van der Waals surface area contributed by atoms with E-state index in [2.05, 4.69) is 5.32 Å². The van der Waals surface area contributed by atoms with E-state index in [0.29, 0.717) is 12.8 Å². The van der Waals surface area contributed by atoms with Gasteiger partial charge in [-0.25, -0.2) is 9.69 Å². The summed E-state index contributed by atoms with van der Waals surface area (Å²) in [5, 5.41) is 11.8. The fourth-order valence-corrected chi connectivity index (χ4v) is 5.14. The van der Waals surface area contributed by atoms with Gasteiger partial charge in [0.25, 0.3) is 5.91 Å². The normalized spacial score (nSPS) is 15.7. The molecule has 1 heterocycles. The molecule has 0 spiro atoms. The lowest BCUT2D eigenvalue weighted by Gasteiger charge is -2.29. The molecule has 3 aromatic rings. The summed E-state index contributed by atoms with van der Waals surface area (Å²) in [6.07, 6.45) is 0.330. The maximum atomic E-state index is 13.9. The van der Waals surface area contributed by atoms with E-state index in [9.17, 15) is 14.4 Å². The number of hydrogen-bond acceptors (Lipinski definition) is 6. The van der Waals surface area contributed by atoms with Crippen LogP contribution in [-0.2, 0) is 26.3 Å². The Morgan fingerprint density at radius 1 is 0.975 bits per heavy atom. The van der Waals surface area contributed by atoms with Crippen molar-refractivity contribution in [2.24, 2.45) is 5.73 Å². The number of amides is 3. The molecule has 9 heteroatoms. The maximum absolute atomic E-state index is 13.9. The van der Waals surface area contributed by atoms with E-state index in [0.717, 1.165) is 21.6 Å². The summed E-state index contributed by atoms with van der Waals surface area (Å²) in [7, 11) is 1.22. The second-order valence-corrected chi connectivity index (χ2v) is 9.88. The summed E-state index contributed by atoms with van der Waals surface area (Å²) in [6.45, 7) is 1.98. The fraction of sp³-hybridized carbons (Fsp3) is 0.290. The molecule has 0 bridgehead atoms. The lowest BCUT2D eigenvalue weighted by Crippen LogP contribution is -2.51. The zero-order chi connectivity index (χ0) is 28.7. The highest BCUT2D eigenvalue weighted by Crippen LogP contribution is 2.36. The maximum Gasteiger partial charge on any atom is 0.416 e. The molecule has 1 fully saturated rings. The van der Waals surface area contributed by atoms with E-state index >= 15 is 0 Å².